The average Bonchev–Trinajstić information content (AvgIpc) is 2.62. The zero-order chi connectivity index (χ0) is 12.2. The monoisotopic (exact) mass is 242 g/mol. The minimum Gasteiger partial charge on any atom is -0.449 e. The summed E-state index contributed by atoms with van der Waals surface area (Å²) >= 11 is 1.42. The van der Waals surface area contributed by atoms with Gasteiger partial charge in [-0.05, 0) is 6.42 Å². The summed E-state index contributed by atoms with van der Waals surface area (Å²) < 4.78 is 4.91. The second-order valence-electron chi connectivity index (χ2n) is 4.55. The second kappa shape index (κ2) is 5.30. The highest BCUT2D eigenvalue weighted by Crippen LogP contribution is 2.26. The molecule has 1 aromatic rings. The number of carbonyl (C=O) groups excluding carboxylic acids is 1. The van der Waals surface area contributed by atoms with E-state index in [1.54, 1.807) is 0 Å². The van der Waals surface area contributed by atoms with Gasteiger partial charge in [-0.2, -0.15) is 0 Å². The molecule has 90 valence electrons. The van der Waals surface area contributed by atoms with Crippen LogP contribution < -0.4 is 5.32 Å². The van der Waals surface area contributed by atoms with Crippen molar-refractivity contribution in [1.82, 2.24) is 4.98 Å². The molecule has 1 rings (SSSR count). The number of anilines is 1. The van der Waals surface area contributed by atoms with Gasteiger partial charge in [-0.3, -0.25) is 5.32 Å². The lowest BCUT2D eigenvalue weighted by atomic mass is 9.93. The molecule has 0 atom stereocenters. The summed E-state index contributed by atoms with van der Waals surface area (Å²) in [5.41, 5.74) is 0.979. The third-order valence-electron chi connectivity index (χ3n) is 1.92. The summed E-state index contributed by atoms with van der Waals surface area (Å²) in [7, 11) is 0. The third kappa shape index (κ3) is 3.81. The summed E-state index contributed by atoms with van der Waals surface area (Å²) in [6, 6.07) is 0. The van der Waals surface area contributed by atoms with Crippen molar-refractivity contribution in [2.45, 2.75) is 39.5 Å². The number of ether oxygens (including phenoxy) is 1. The van der Waals surface area contributed by atoms with Crippen molar-refractivity contribution in [2.75, 3.05) is 11.9 Å². The molecule has 0 unspecified atom stereocenters. The molecule has 4 nitrogen and oxygen atoms in total. The molecule has 1 aromatic heterocycles. The Balaban J connectivity index is 2.56. The number of aromatic nitrogens is 1. The molecule has 16 heavy (non-hydrogen) atoms. The molecular weight excluding hydrogens is 224 g/mol. The minimum absolute atomic E-state index is 0.00372. The minimum atomic E-state index is -0.434. The van der Waals surface area contributed by atoms with E-state index in [-0.39, 0.29) is 5.41 Å². The molecule has 5 heteroatoms. The van der Waals surface area contributed by atoms with Crippen molar-refractivity contribution in [3.05, 3.63) is 11.1 Å². The van der Waals surface area contributed by atoms with Crippen molar-refractivity contribution >= 4 is 22.6 Å². The van der Waals surface area contributed by atoms with Gasteiger partial charge in [0.15, 0.2) is 5.13 Å². The summed E-state index contributed by atoms with van der Waals surface area (Å²) in [6.45, 7) is 8.64. The van der Waals surface area contributed by atoms with Crippen LogP contribution in [0, 0.1) is 0 Å². The van der Waals surface area contributed by atoms with E-state index < -0.39 is 6.09 Å². The molecule has 0 aromatic carbocycles. The largest absolute Gasteiger partial charge is 0.449 e. The normalized spacial score (nSPS) is 11.2. The Kier molecular flexibility index (Phi) is 4.29. The van der Waals surface area contributed by atoms with Gasteiger partial charge in [-0.15, -0.1) is 11.3 Å². The predicted octanol–water partition coefficient (Wildman–Crippen LogP) is 3.40. The zero-order valence-corrected chi connectivity index (χ0v) is 11.0. The molecule has 1 heterocycles. The number of nitrogens with zero attached hydrogens (tertiary/aromatic N) is 1. The lowest BCUT2D eigenvalue weighted by molar-refractivity contribution is 0.161. The molecular formula is C11H18N2O2S. The van der Waals surface area contributed by atoms with E-state index in [0.29, 0.717) is 11.7 Å². The van der Waals surface area contributed by atoms with Crippen molar-refractivity contribution in [3.8, 4) is 0 Å². The highest BCUT2D eigenvalue weighted by atomic mass is 32.1. The van der Waals surface area contributed by atoms with Gasteiger partial charge in [-0.1, -0.05) is 27.7 Å². The molecule has 0 saturated heterocycles. The summed E-state index contributed by atoms with van der Waals surface area (Å²) in [4.78, 5) is 15.6. The zero-order valence-electron chi connectivity index (χ0n) is 10.2. The first-order chi connectivity index (χ1) is 7.43. The maximum atomic E-state index is 11.3. The molecule has 0 aliphatic heterocycles. The fourth-order valence-electron chi connectivity index (χ4n) is 0.994. The van der Waals surface area contributed by atoms with Gasteiger partial charge in [0, 0.05) is 10.8 Å². The van der Waals surface area contributed by atoms with Crippen LogP contribution in [0.1, 0.15) is 39.8 Å². The van der Waals surface area contributed by atoms with E-state index in [4.69, 9.17) is 4.74 Å². The Morgan fingerprint density at radius 3 is 2.75 bits per heavy atom. The van der Waals surface area contributed by atoms with Gasteiger partial charge < -0.3 is 4.74 Å². The number of hydrogen-bond donors (Lipinski definition) is 1. The van der Waals surface area contributed by atoms with Gasteiger partial charge in [-0.25, -0.2) is 9.78 Å². The summed E-state index contributed by atoms with van der Waals surface area (Å²) in [5.74, 6) is 0. The maximum Gasteiger partial charge on any atom is 0.413 e. The number of rotatable bonds is 3. The number of amides is 1. The number of thiazole rings is 1. The van der Waals surface area contributed by atoms with Gasteiger partial charge in [0.05, 0.1) is 12.3 Å². The van der Waals surface area contributed by atoms with Crippen molar-refractivity contribution in [2.24, 2.45) is 0 Å². The first-order valence-electron chi connectivity index (χ1n) is 5.33. The maximum absolute atomic E-state index is 11.3. The average molecular weight is 242 g/mol. The Labute approximate surface area is 100 Å². The van der Waals surface area contributed by atoms with Crippen LogP contribution in [0.3, 0.4) is 0 Å². The van der Waals surface area contributed by atoms with Crippen LogP contribution in [-0.4, -0.2) is 17.7 Å². The van der Waals surface area contributed by atoms with E-state index in [1.807, 2.05) is 12.3 Å². The van der Waals surface area contributed by atoms with Crippen LogP contribution in [0.4, 0.5) is 9.93 Å². The van der Waals surface area contributed by atoms with E-state index in [9.17, 15) is 4.79 Å². The summed E-state index contributed by atoms with van der Waals surface area (Å²) in [5, 5.41) is 5.16. The highest BCUT2D eigenvalue weighted by molar-refractivity contribution is 7.13. The molecule has 0 bridgehead atoms. The molecule has 1 amide bonds. The first kappa shape index (κ1) is 13.0. The van der Waals surface area contributed by atoms with Crippen molar-refractivity contribution in [1.29, 1.82) is 0 Å². The molecule has 0 saturated carbocycles. The van der Waals surface area contributed by atoms with Crippen LogP contribution >= 0.6 is 11.3 Å². The van der Waals surface area contributed by atoms with E-state index in [1.165, 1.54) is 11.3 Å². The Hall–Kier alpha value is -1.10. The van der Waals surface area contributed by atoms with Gasteiger partial charge in [0.2, 0.25) is 0 Å². The Morgan fingerprint density at radius 2 is 2.25 bits per heavy atom. The molecule has 0 aliphatic carbocycles. The molecule has 1 N–H and O–H groups in total. The van der Waals surface area contributed by atoms with Crippen LogP contribution in [0.25, 0.3) is 0 Å². The summed E-state index contributed by atoms with van der Waals surface area (Å²) in [6.07, 6.45) is 0.384. The van der Waals surface area contributed by atoms with Crippen LogP contribution in [-0.2, 0) is 10.2 Å². The topological polar surface area (TPSA) is 51.2 Å². The fraction of sp³-hybridized carbons (Fsp3) is 0.636. The van der Waals surface area contributed by atoms with E-state index in [2.05, 4.69) is 31.1 Å². The highest BCUT2D eigenvalue weighted by Gasteiger charge is 2.18. The van der Waals surface area contributed by atoms with Crippen molar-refractivity contribution in [3.63, 3.8) is 0 Å². The van der Waals surface area contributed by atoms with Gasteiger partial charge in [0.25, 0.3) is 0 Å². The van der Waals surface area contributed by atoms with E-state index >= 15 is 0 Å². The lowest BCUT2D eigenvalue weighted by Crippen LogP contribution is -2.15. The third-order valence-corrected chi connectivity index (χ3v) is 2.68. The first-order valence-corrected chi connectivity index (χ1v) is 6.21. The number of nitrogens with one attached hydrogen (secondary N) is 1. The molecule has 0 fully saturated rings. The molecule has 0 radical (unpaired) electrons. The molecule has 0 spiro atoms. The Morgan fingerprint density at radius 1 is 1.56 bits per heavy atom. The van der Waals surface area contributed by atoms with Crippen molar-refractivity contribution < 1.29 is 9.53 Å². The van der Waals surface area contributed by atoms with Gasteiger partial charge in [0.1, 0.15) is 0 Å². The van der Waals surface area contributed by atoms with Crippen LogP contribution in [0.5, 0.6) is 0 Å². The lowest BCUT2D eigenvalue weighted by Gasteiger charge is -2.14. The van der Waals surface area contributed by atoms with Crippen LogP contribution in [0.15, 0.2) is 5.38 Å². The van der Waals surface area contributed by atoms with E-state index in [0.717, 1.165) is 12.1 Å². The number of carbonyl (C=O) groups is 1. The van der Waals surface area contributed by atoms with Crippen LogP contribution in [0.2, 0.25) is 0 Å². The Bertz CT molecular complexity index is 355. The predicted molar refractivity (Wildman–Crippen MR) is 66.1 cm³/mol. The SMILES string of the molecule is CCCOC(=O)Nc1nc(C(C)(C)C)cs1. The fourth-order valence-corrected chi connectivity index (χ4v) is 1.92. The molecule has 0 aliphatic rings. The smallest absolute Gasteiger partial charge is 0.413 e. The second-order valence-corrected chi connectivity index (χ2v) is 5.41. The quantitative estimate of drug-likeness (QED) is 0.883. The number of hydrogen-bond acceptors (Lipinski definition) is 4. The standard InChI is InChI=1S/C11H18N2O2S/c1-5-6-15-10(14)13-9-12-8(7-16-9)11(2,3)4/h7H,5-6H2,1-4H3,(H,12,13,14). The van der Waals surface area contributed by atoms with Gasteiger partial charge >= 0.3 is 6.09 Å².